The van der Waals surface area contributed by atoms with Crippen molar-refractivity contribution in [3.8, 4) is 0 Å². The normalized spacial score (nSPS) is 10.1. The molecule has 0 aromatic heterocycles. The summed E-state index contributed by atoms with van der Waals surface area (Å²) in [6, 6.07) is 7.24. The summed E-state index contributed by atoms with van der Waals surface area (Å²) < 4.78 is 4.80. The molecule has 0 radical (unpaired) electrons. The van der Waals surface area contributed by atoms with Crippen LogP contribution in [0.2, 0.25) is 0 Å². The Morgan fingerprint density at radius 3 is 2.39 bits per heavy atom. The molecule has 1 aromatic carbocycles. The molecule has 4 heteroatoms. The van der Waals surface area contributed by atoms with Crippen molar-refractivity contribution in [2.45, 2.75) is 32.7 Å². The predicted molar refractivity (Wildman–Crippen MR) is 69.1 cm³/mol. The summed E-state index contributed by atoms with van der Waals surface area (Å²) in [5.74, 6) is -0.202. The number of esters is 1. The minimum atomic E-state index is -0.247. The van der Waals surface area contributed by atoms with Gasteiger partial charge in [-0.05, 0) is 18.9 Å². The highest BCUT2D eigenvalue weighted by molar-refractivity contribution is 5.96. The lowest BCUT2D eigenvalue weighted by atomic mass is 10.0. The maximum absolute atomic E-state index is 11.8. The molecule has 98 valence electrons. The number of benzene rings is 1. The summed E-state index contributed by atoms with van der Waals surface area (Å²) in [4.78, 5) is 22.9. The van der Waals surface area contributed by atoms with Crippen LogP contribution in [0.4, 0.5) is 0 Å². The second kappa shape index (κ2) is 7.61. The van der Waals surface area contributed by atoms with Crippen molar-refractivity contribution in [3.05, 3.63) is 35.4 Å². The first kappa shape index (κ1) is 14.4. The lowest BCUT2D eigenvalue weighted by molar-refractivity contribution is -0.143. The van der Waals surface area contributed by atoms with E-state index in [1.807, 2.05) is 12.1 Å². The molecule has 0 aliphatic rings. The molecule has 0 spiro atoms. The maximum atomic E-state index is 11.8. The molecule has 0 unspecified atom stereocenters. The zero-order valence-electron chi connectivity index (χ0n) is 10.6. The summed E-state index contributed by atoms with van der Waals surface area (Å²) in [5.41, 5.74) is 7.14. The van der Waals surface area contributed by atoms with Crippen LogP contribution in [0.5, 0.6) is 0 Å². The van der Waals surface area contributed by atoms with Gasteiger partial charge < -0.3 is 10.5 Å². The van der Waals surface area contributed by atoms with Gasteiger partial charge in [0.15, 0.2) is 5.78 Å². The van der Waals surface area contributed by atoms with Gasteiger partial charge >= 0.3 is 5.97 Å². The topological polar surface area (TPSA) is 69.4 Å². The van der Waals surface area contributed by atoms with Gasteiger partial charge in [0.1, 0.15) is 0 Å². The van der Waals surface area contributed by atoms with Crippen LogP contribution in [0.1, 0.15) is 42.1 Å². The van der Waals surface area contributed by atoms with Gasteiger partial charge in [0, 0.05) is 24.9 Å². The molecule has 4 nitrogen and oxygen atoms in total. The van der Waals surface area contributed by atoms with Crippen molar-refractivity contribution in [3.63, 3.8) is 0 Å². The second-order valence-corrected chi connectivity index (χ2v) is 3.98. The van der Waals surface area contributed by atoms with Gasteiger partial charge in [0.25, 0.3) is 0 Å². The van der Waals surface area contributed by atoms with Gasteiger partial charge in [-0.25, -0.2) is 0 Å². The molecule has 2 N–H and O–H groups in total. The summed E-state index contributed by atoms with van der Waals surface area (Å²) in [7, 11) is 0. The van der Waals surface area contributed by atoms with Crippen LogP contribution in [0, 0.1) is 0 Å². The quantitative estimate of drug-likeness (QED) is 0.593. The van der Waals surface area contributed by atoms with Gasteiger partial charge in [0.05, 0.1) is 6.61 Å². The molecule has 0 fully saturated rings. The van der Waals surface area contributed by atoms with Crippen molar-refractivity contribution in [2.75, 3.05) is 6.61 Å². The fourth-order valence-corrected chi connectivity index (χ4v) is 1.60. The Morgan fingerprint density at radius 1 is 1.17 bits per heavy atom. The maximum Gasteiger partial charge on any atom is 0.305 e. The summed E-state index contributed by atoms with van der Waals surface area (Å²) in [6.45, 7) is 2.62. The van der Waals surface area contributed by atoms with Gasteiger partial charge in [-0.3, -0.25) is 9.59 Å². The van der Waals surface area contributed by atoms with Crippen LogP contribution < -0.4 is 5.73 Å². The molecule has 18 heavy (non-hydrogen) atoms. The Hall–Kier alpha value is -1.68. The number of nitrogens with two attached hydrogens (primary N) is 1. The lowest BCUT2D eigenvalue weighted by Gasteiger charge is -2.03. The van der Waals surface area contributed by atoms with Crippen molar-refractivity contribution in [2.24, 2.45) is 5.73 Å². The molecule has 1 aromatic rings. The van der Waals surface area contributed by atoms with Crippen molar-refractivity contribution >= 4 is 11.8 Å². The van der Waals surface area contributed by atoms with Crippen LogP contribution in [0.3, 0.4) is 0 Å². The van der Waals surface area contributed by atoms with E-state index in [2.05, 4.69) is 0 Å². The van der Waals surface area contributed by atoms with E-state index in [1.165, 1.54) is 0 Å². The molecular weight excluding hydrogens is 230 g/mol. The van der Waals surface area contributed by atoms with Crippen LogP contribution in [-0.4, -0.2) is 18.4 Å². The molecule has 0 heterocycles. The molecule has 0 saturated heterocycles. The molecule has 0 atom stereocenters. The van der Waals surface area contributed by atoms with Crippen LogP contribution in [0.15, 0.2) is 24.3 Å². The Morgan fingerprint density at radius 2 is 1.83 bits per heavy atom. The van der Waals surface area contributed by atoms with Crippen LogP contribution in [-0.2, 0) is 16.1 Å². The first-order chi connectivity index (χ1) is 8.67. The fourth-order valence-electron chi connectivity index (χ4n) is 1.60. The number of rotatable bonds is 7. The number of ether oxygens (including phenoxy) is 1. The molecular formula is C14H19NO3. The first-order valence-electron chi connectivity index (χ1n) is 6.15. The average molecular weight is 249 g/mol. The molecule has 0 saturated carbocycles. The number of hydrogen-bond donors (Lipinski definition) is 1. The third kappa shape index (κ3) is 4.67. The molecule has 1 rings (SSSR count). The number of ketones is 1. The van der Waals surface area contributed by atoms with Gasteiger partial charge in [0.2, 0.25) is 0 Å². The number of carbonyl (C=O) groups is 2. The van der Waals surface area contributed by atoms with Crippen molar-refractivity contribution < 1.29 is 14.3 Å². The van der Waals surface area contributed by atoms with E-state index < -0.39 is 0 Å². The third-order valence-electron chi connectivity index (χ3n) is 2.60. The highest BCUT2D eigenvalue weighted by atomic mass is 16.5. The van der Waals surface area contributed by atoms with E-state index in [0.717, 1.165) is 5.56 Å². The van der Waals surface area contributed by atoms with E-state index in [9.17, 15) is 9.59 Å². The summed E-state index contributed by atoms with van der Waals surface area (Å²) in [6.07, 6.45) is 1.18. The number of carbonyl (C=O) groups excluding carboxylic acids is 2. The minimum Gasteiger partial charge on any atom is -0.466 e. The van der Waals surface area contributed by atoms with Crippen LogP contribution >= 0.6 is 0 Å². The largest absolute Gasteiger partial charge is 0.466 e. The SMILES string of the molecule is CCOC(=O)CCCC(=O)c1ccc(CN)cc1. The van der Waals surface area contributed by atoms with E-state index in [0.29, 0.717) is 38.0 Å². The molecule has 0 aliphatic heterocycles. The highest BCUT2D eigenvalue weighted by Crippen LogP contribution is 2.09. The fraction of sp³-hybridized carbons (Fsp3) is 0.429. The zero-order valence-corrected chi connectivity index (χ0v) is 10.6. The minimum absolute atomic E-state index is 0.0443. The Bertz CT molecular complexity index is 398. The Kier molecular flexibility index (Phi) is 6.08. The Labute approximate surface area is 107 Å². The third-order valence-corrected chi connectivity index (χ3v) is 2.60. The predicted octanol–water partition coefficient (Wildman–Crippen LogP) is 2.06. The van der Waals surface area contributed by atoms with Gasteiger partial charge in [-0.1, -0.05) is 24.3 Å². The van der Waals surface area contributed by atoms with Gasteiger partial charge in [-0.15, -0.1) is 0 Å². The van der Waals surface area contributed by atoms with E-state index in [1.54, 1.807) is 19.1 Å². The smallest absolute Gasteiger partial charge is 0.305 e. The first-order valence-corrected chi connectivity index (χ1v) is 6.15. The molecule has 0 amide bonds. The van der Waals surface area contributed by atoms with Crippen LogP contribution in [0.25, 0.3) is 0 Å². The molecule has 0 bridgehead atoms. The van der Waals surface area contributed by atoms with Crippen molar-refractivity contribution in [1.29, 1.82) is 0 Å². The number of Topliss-reactive ketones (excluding diaryl/α,β-unsaturated/α-hetero) is 1. The molecule has 0 aliphatic carbocycles. The van der Waals surface area contributed by atoms with E-state index >= 15 is 0 Å². The average Bonchev–Trinajstić information content (AvgIpc) is 2.39. The monoisotopic (exact) mass is 249 g/mol. The second-order valence-electron chi connectivity index (χ2n) is 3.98. The zero-order chi connectivity index (χ0) is 13.4. The summed E-state index contributed by atoms with van der Waals surface area (Å²) >= 11 is 0. The lowest BCUT2D eigenvalue weighted by Crippen LogP contribution is -2.06. The standard InChI is InChI=1S/C14H19NO3/c1-2-18-14(17)5-3-4-13(16)12-8-6-11(10-15)7-9-12/h6-9H,2-5,10,15H2,1H3. The number of hydrogen-bond acceptors (Lipinski definition) is 4. The van der Waals surface area contributed by atoms with Crippen molar-refractivity contribution in [1.82, 2.24) is 0 Å². The van der Waals surface area contributed by atoms with E-state index in [4.69, 9.17) is 10.5 Å². The summed E-state index contributed by atoms with van der Waals surface area (Å²) in [5, 5.41) is 0. The van der Waals surface area contributed by atoms with Gasteiger partial charge in [-0.2, -0.15) is 0 Å². The Balaban J connectivity index is 2.38. The highest BCUT2D eigenvalue weighted by Gasteiger charge is 2.08. The van der Waals surface area contributed by atoms with E-state index in [-0.39, 0.29) is 11.8 Å².